The average Bonchev–Trinajstić information content (AvgIpc) is 2.93. The minimum Gasteiger partial charge on any atom is -0.376 e. The summed E-state index contributed by atoms with van der Waals surface area (Å²) >= 11 is 0. The summed E-state index contributed by atoms with van der Waals surface area (Å²) in [5.74, 6) is -0.407. The number of amides is 1. The third-order valence-electron chi connectivity index (χ3n) is 5.11. The Kier molecular flexibility index (Phi) is 6.48. The summed E-state index contributed by atoms with van der Waals surface area (Å²) in [6, 6.07) is 7.05. The standard InChI is InChI=1S/C21H29FN4O/c1-15-12-16(2)26(25-15)20-11-10-18(13-19(20)22)23-14-21(27)24-17-8-6-4-3-5-7-9-17/h10-13,17,23H,3-9,14H2,1-2H3,(H,24,27). The molecule has 0 aliphatic heterocycles. The number of aryl methyl sites for hydroxylation is 2. The van der Waals surface area contributed by atoms with Crippen LogP contribution in [0.15, 0.2) is 24.3 Å². The Balaban J connectivity index is 1.55. The summed E-state index contributed by atoms with van der Waals surface area (Å²) in [6.07, 6.45) is 8.28. The number of hydrogen-bond acceptors (Lipinski definition) is 3. The largest absolute Gasteiger partial charge is 0.376 e. The molecule has 1 heterocycles. The van der Waals surface area contributed by atoms with Crippen LogP contribution < -0.4 is 10.6 Å². The number of carbonyl (C=O) groups excluding carboxylic acids is 1. The monoisotopic (exact) mass is 372 g/mol. The molecule has 146 valence electrons. The van der Waals surface area contributed by atoms with Gasteiger partial charge in [-0.3, -0.25) is 4.79 Å². The molecule has 6 heteroatoms. The zero-order valence-electron chi connectivity index (χ0n) is 16.2. The minimum atomic E-state index is -0.369. The molecule has 1 saturated carbocycles. The molecule has 0 radical (unpaired) electrons. The Morgan fingerprint density at radius 2 is 1.85 bits per heavy atom. The van der Waals surface area contributed by atoms with Crippen LogP contribution in [0, 0.1) is 19.7 Å². The zero-order chi connectivity index (χ0) is 19.2. The number of anilines is 1. The van der Waals surface area contributed by atoms with Gasteiger partial charge in [0.1, 0.15) is 5.69 Å². The van der Waals surface area contributed by atoms with Gasteiger partial charge < -0.3 is 10.6 Å². The van der Waals surface area contributed by atoms with E-state index in [0.29, 0.717) is 11.4 Å². The molecule has 1 fully saturated rings. The zero-order valence-corrected chi connectivity index (χ0v) is 16.2. The highest BCUT2D eigenvalue weighted by molar-refractivity contribution is 5.81. The van der Waals surface area contributed by atoms with E-state index in [1.807, 2.05) is 19.9 Å². The molecular weight excluding hydrogens is 343 g/mol. The first-order valence-electron chi connectivity index (χ1n) is 9.89. The van der Waals surface area contributed by atoms with Crippen LogP contribution in [0.3, 0.4) is 0 Å². The lowest BCUT2D eigenvalue weighted by Crippen LogP contribution is -2.38. The van der Waals surface area contributed by atoms with E-state index in [1.54, 1.807) is 16.8 Å². The first-order valence-corrected chi connectivity index (χ1v) is 9.89. The van der Waals surface area contributed by atoms with Crippen LogP contribution in [0.2, 0.25) is 0 Å². The first kappa shape index (κ1) is 19.4. The Labute approximate surface area is 160 Å². The molecule has 3 rings (SSSR count). The molecule has 1 aliphatic rings. The van der Waals surface area contributed by atoms with Gasteiger partial charge in [-0.2, -0.15) is 5.10 Å². The molecule has 1 aliphatic carbocycles. The number of rotatable bonds is 5. The van der Waals surface area contributed by atoms with Crippen LogP contribution in [0.4, 0.5) is 10.1 Å². The minimum absolute atomic E-state index is 0.0383. The Bertz CT molecular complexity index is 778. The van der Waals surface area contributed by atoms with Gasteiger partial charge in [0, 0.05) is 17.4 Å². The Hall–Kier alpha value is -2.37. The summed E-state index contributed by atoms with van der Waals surface area (Å²) in [6.45, 7) is 3.92. The topological polar surface area (TPSA) is 59.0 Å². The average molecular weight is 372 g/mol. The van der Waals surface area contributed by atoms with Crippen molar-refractivity contribution in [2.45, 2.75) is 64.8 Å². The van der Waals surface area contributed by atoms with Crippen molar-refractivity contribution in [2.24, 2.45) is 0 Å². The van der Waals surface area contributed by atoms with Crippen LogP contribution in [-0.4, -0.2) is 28.3 Å². The predicted octanol–water partition coefficient (Wildman–Crippen LogP) is 4.27. The number of benzene rings is 1. The van der Waals surface area contributed by atoms with E-state index in [9.17, 15) is 9.18 Å². The second-order valence-corrected chi connectivity index (χ2v) is 7.47. The quantitative estimate of drug-likeness (QED) is 0.824. The van der Waals surface area contributed by atoms with Gasteiger partial charge in [0.05, 0.1) is 12.2 Å². The number of halogens is 1. The van der Waals surface area contributed by atoms with E-state index in [-0.39, 0.29) is 24.3 Å². The fourth-order valence-electron chi connectivity index (χ4n) is 3.72. The second-order valence-electron chi connectivity index (χ2n) is 7.47. The van der Waals surface area contributed by atoms with Gasteiger partial charge in [-0.15, -0.1) is 0 Å². The van der Waals surface area contributed by atoms with Crippen molar-refractivity contribution >= 4 is 11.6 Å². The molecule has 5 nitrogen and oxygen atoms in total. The van der Waals surface area contributed by atoms with Crippen LogP contribution in [0.25, 0.3) is 5.69 Å². The number of nitrogens with zero attached hydrogens (tertiary/aromatic N) is 2. The summed E-state index contributed by atoms with van der Waals surface area (Å²) in [5, 5.41) is 10.4. The fraction of sp³-hybridized carbons (Fsp3) is 0.524. The molecular formula is C21H29FN4O. The molecule has 2 aromatic rings. The summed E-state index contributed by atoms with van der Waals surface area (Å²) < 4.78 is 16.1. The van der Waals surface area contributed by atoms with E-state index in [4.69, 9.17) is 0 Å². The van der Waals surface area contributed by atoms with Gasteiger partial charge in [0.2, 0.25) is 5.91 Å². The van der Waals surface area contributed by atoms with E-state index in [1.165, 1.54) is 38.2 Å². The van der Waals surface area contributed by atoms with Gasteiger partial charge in [0.15, 0.2) is 5.82 Å². The van der Waals surface area contributed by atoms with Crippen molar-refractivity contribution < 1.29 is 9.18 Å². The Morgan fingerprint density at radius 1 is 1.15 bits per heavy atom. The first-order chi connectivity index (χ1) is 13.0. The lowest BCUT2D eigenvalue weighted by Gasteiger charge is -2.21. The van der Waals surface area contributed by atoms with Crippen molar-refractivity contribution in [3.05, 3.63) is 41.5 Å². The Morgan fingerprint density at radius 3 is 2.48 bits per heavy atom. The normalized spacial score (nSPS) is 15.8. The molecule has 27 heavy (non-hydrogen) atoms. The van der Waals surface area contributed by atoms with Crippen molar-refractivity contribution in [2.75, 3.05) is 11.9 Å². The highest BCUT2D eigenvalue weighted by Gasteiger charge is 2.14. The molecule has 0 bridgehead atoms. The lowest BCUT2D eigenvalue weighted by atomic mass is 9.97. The molecule has 2 N–H and O–H groups in total. The maximum Gasteiger partial charge on any atom is 0.239 e. The lowest BCUT2D eigenvalue weighted by molar-refractivity contribution is -0.120. The van der Waals surface area contributed by atoms with E-state index in [0.717, 1.165) is 24.2 Å². The highest BCUT2D eigenvalue weighted by atomic mass is 19.1. The van der Waals surface area contributed by atoms with Crippen molar-refractivity contribution in [1.29, 1.82) is 0 Å². The number of carbonyl (C=O) groups is 1. The molecule has 1 amide bonds. The van der Waals surface area contributed by atoms with E-state index < -0.39 is 0 Å². The summed E-state index contributed by atoms with van der Waals surface area (Å²) in [7, 11) is 0. The number of hydrogen-bond donors (Lipinski definition) is 2. The van der Waals surface area contributed by atoms with Gasteiger partial charge in [-0.05, 0) is 51.0 Å². The number of aromatic nitrogens is 2. The summed E-state index contributed by atoms with van der Waals surface area (Å²) in [5.41, 5.74) is 2.72. The second kappa shape index (κ2) is 9.02. The van der Waals surface area contributed by atoms with Crippen LogP contribution in [0.5, 0.6) is 0 Å². The van der Waals surface area contributed by atoms with Crippen LogP contribution >= 0.6 is 0 Å². The highest BCUT2D eigenvalue weighted by Crippen LogP contribution is 2.20. The van der Waals surface area contributed by atoms with Crippen molar-refractivity contribution in [3.63, 3.8) is 0 Å². The van der Waals surface area contributed by atoms with Gasteiger partial charge in [-0.25, -0.2) is 9.07 Å². The maximum absolute atomic E-state index is 14.5. The van der Waals surface area contributed by atoms with Crippen LogP contribution in [-0.2, 0) is 4.79 Å². The fourth-order valence-corrected chi connectivity index (χ4v) is 3.72. The predicted molar refractivity (Wildman–Crippen MR) is 106 cm³/mol. The van der Waals surface area contributed by atoms with E-state index >= 15 is 0 Å². The van der Waals surface area contributed by atoms with Crippen molar-refractivity contribution in [3.8, 4) is 5.69 Å². The summed E-state index contributed by atoms with van der Waals surface area (Å²) in [4.78, 5) is 12.2. The van der Waals surface area contributed by atoms with E-state index in [2.05, 4.69) is 15.7 Å². The molecule has 1 aromatic carbocycles. The third-order valence-corrected chi connectivity index (χ3v) is 5.11. The molecule has 0 unspecified atom stereocenters. The molecule has 1 aromatic heterocycles. The maximum atomic E-state index is 14.5. The smallest absolute Gasteiger partial charge is 0.239 e. The van der Waals surface area contributed by atoms with Gasteiger partial charge >= 0.3 is 0 Å². The van der Waals surface area contributed by atoms with Crippen LogP contribution in [0.1, 0.15) is 56.3 Å². The third kappa shape index (κ3) is 5.31. The molecule has 0 atom stereocenters. The number of nitrogens with one attached hydrogen (secondary N) is 2. The van der Waals surface area contributed by atoms with Gasteiger partial charge in [0.25, 0.3) is 0 Å². The van der Waals surface area contributed by atoms with Gasteiger partial charge in [-0.1, -0.05) is 32.1 Å². The molecule has 0 spiro atoms. The molecule has 0 saturated heterocycles. The SMILES string of the molecule is Cc1cc(C)n(-c2ccc(NCC(=O)NC3CCCCCCC3)cc2F)n1. The van der Waals surface area contributed by atoms with Crippen molar-refractivity contribution in [1.82, 2.24) is 15.1 Å².